The summed E-state index contributed by atoms with van der Waals surface area (Å²) in [6.07, 6.45) is 0. The van der Waals surface area contributed by atoms with E-state index >= 15 is 0 Å². The van der Waals surface area contributed by atoms with Crippen LogP contribution in [-0.2, 0) is 5.41 Å². The fourth-order valence-electron chi connectivity index (χ4n) is 10.2. The van der Waals surface area contributed by atoms with Crippen molar-refractivity contribution in [3.63, 3.8) is 0 Å². The number of furan rings is 1. The van der Waals surface area contributed by atoms with Gasteiger partial charge in [0, 0.05) is 38.4 Å². The molecule has 3 heteroatoms. The molecule has 294 valence electrons. The van der Waals surface area contributed by atoms with Crippen LogP contribution in [0.4, 0.5) is 34.1 Å². The average molecular weight is 795 g/mol. The first-order valence-corrected chi connectivity index (χ1v) is 21.4. The molecule has 0 bridgehead atoms. The topological polar surface area (TPSA) is 19.6 Å². The van der Waals surface area contributed by atoms with E-state index in [9.17, 15) is 0 Å². The van der Waals surface area contributed by atoms with Crippen LogP contribution in [0.15, 0.2) is 223 Å². The third-order valence-electron chi connectivity index (χ3n) is 13.0. The van der Waals surface area contributed by atoms with Gasteiger partial charge in [0.1, 0.15) is 5.58 Å². The van der Waals surface area contributed by atoms with Crippen LogP contribution in [-0.4, -0.2) is 0 Å². The van der Waals surface area contributed by atoms with Crippen LogP contribution in [0, 0.1) is 0 Å². The molecule has 0 unspecified atom stereocenters. The van der Waals surface area contributed by atoms with Crippen molar-refractivity contribution >= 4 is 77.6 Å². The SMILES string of the molecule is CC1(C)c2ccccc2N(c2c(-c3cccc4ccccc34)ccc3ccccc23)c2cccc(N(c3ccc(-c4ccccc4)cc3)c3cccc4c3oc3ccccc34)c21. The number of anilines is 6. The van der Waals surface area contributed by atoms with Crippen molar-refractivity contribution in [2.75, 3.05) is 9.80 Å². The molecule has 10 aromatic carbocycles. The standard InChI is InChI=1S/C59H42N2O/c1-59(2)50-27-11-12-28-51(50)61(57-45-23-9-7-20-42(45)35-38-48(57)46-25-14-21-41-19-6-8-22-44(41)46)53-30-16-29-52(56(53)59)60(43-36-33-40(34-37-43)39-17-4-3-5-18-39)54-31-15-26-49-47-24-10-13-32-55(47)62-58(49)54/h3-38H,1-2H3. The number of nitrogens with zero attached hydrogens (tertiary/aromatic N) is 2. The molecule has 1 aliphatic heterocycles. The molecule has 62 heavy (non-hydrogen) atoms. The Labute approximate surface area is 361 Å². The van der Waals surface area contributed by atoms with Crippen molar-refractivity contribution in [1.29, 1.82) is 0 Å². The summed E-state index contributed by atoms with van der Waals surface area (Å²) in [5.41, 5.74) is 15.2. The van der Waals surface area contributed by atoms with E-state index in [1.165, 1.54) is 66.3 Å². The Hall–Kier alpha value is -7.88. The molecule has 0 saturated carbocycles. The van der Waals surface area contributed by atoms with E-state index in [4.69, 9.17) is 4.42 Å². The average Bonchev–Trinajstić information content (AvgIpc) is 3.72. The molecule has 11 aromatic rings. The minimum Gasteiger partial charge on any atom is -0.454 e. The highest BCUT2D eigenvalue weighted by molar-refractivity contribution is 6.13. The summed E-state index contributed by atoms with van der Waals surface area (Å²) in [6.45, 7) is 4.78. The van der Waals surface area contributed by atoms with Crippen molar-refractivity contribution < 1.29 is 4.42 Å². The van der Waals surface area contributed by atoms with Gasteiger partial charge in [0.25, 0.3) is 0 Å². The molecule has 12 rings (SSSR count). The molecule has 0 aliphatic carbocycles. The Morgan fingerprint density at radius 3 is 1.85 bits per heavy atom. The zero-order valence-electron chi connectivity index (χ0n) is 34.6. The second-order valence-corrected chi connectivity index (χ2v) is 16.9. The molecule has 2 heterocycles. The van der Waals surface area contributed by atoms with Crippen LogP contribution in [0.5, 0.6) is 0 Å². The molecule has 0 atom stereocenters. The summed E-state index contributed by atoms with van der Waals surface area (Å²) in [5, 5.41) is 7.05. The molecular formula is C59H42N2O. The van der Waals surface area contributed by atoms with E-state index in [0.29, 0.717) is 0 Å². The minimum atomic E-state index is -0.410. The molecule has 0 saturated heterocycles. The Balaban J connectivity index is 1.17. The number of hydrogen-bond donors (Lipinski definition) is 0. The van der Waals surface area contributed by atoms with Crippen molar-refractivity contribution in [2.24, 2.45) is 0 Å². The maximum Gasteiger partial charge on any atom is 0.159 e. The van der Waals surface area contributed by atoms with Gasteiger partial charge in [0.15, 0.2) is 5.58 Å². The normalized spacial score (nSPS) is 13.1. The molecule has 1 aliphatic rings. The van der Waals surface area contributed by atoms with Crippen LogP contribution in [0.25, 0.3) is 65.7 Å². The van der Waals surface area contributed by atoms with Gasteiger partial charge < -0.3 is 14.2 Å². The zero-order chi connectivity index (χ0) is 41.4. The molecular weight excluding hydrogens is 753 g/mol. The molecule has 1 aromatic heterocycles. The summed E-state index contributed by atoms with van der Waals surface area (Å²) < 4.78 is 6.84. The van der Waals surface area contributed by atoms with Gasteiger partial charge >= 0.3 is 0 Å². The fourth-order valence-corrected chi connectivity index (χ4v) is 10.2. The molecule has 0 fully saturated rings. The first kappa shape index (κ1) is 36.0. The Bertz CT molecular complexity index is 3500. The first-order valence-electron chi connectivity index (χ1n) is 21.4. The van der Waals surface area contributed by atoms with Crippen LogP contribution in [0.3, 0.4) is 0 Å². The Morgan fingerprint density at radius 1 is 0.419 bits per heavy atom. The minimum absolute atomic E-state index is 0.410. The van der Waals surface area contributed by atoms with Crippen molar-refractivity contribution in [1.82, 2.24) is 0 Å². The smallest absolute Gasteiger partial charge is 0.159 e. The lowest BCUT2D eigenvalue weighted by molar-refractivity contribution is 0.632. The molecule has 0 N–H and O–H groups in total. The van der Waals surface area contributed by atoms with E-state index in [1.807, 2.05) is 6.07 Å². The van der Waals surface area contributed by atoms with Crippen molar-refractivity contribution in [3.05, 3.63) is 230 Å². The van der Waals surface area contributed by atoms with Crippen molar-refractivity contribution in [2.45, 2.75) is 19.3 Å². The second kappa shape index (κ2) is 14.1. The number of hydrogen-bond acceptors (Lipinski definition) is 3. The van der Waals surface area contributed by atoms with E-state index in [1.54, 1.807) is 0 Å². The van der Waals surface area contributed by atoms with E-state index < -0.39 is 5.41 Å². The zero-order valence-corrected chi connectivity index (χ0v) is 34.6. The summed E-state index contributed by atoms with van der Waals surface area (Å²) in [4.78, 5) is 4.98. The molecule has 3 nitrogen and oxygen atoms in total. The monoisotopic (exact) mass is 794 g/mol. The predicted octanol–water partition coefficient (Wildman–Crippen LogP) is 16.8. The van der Waals surface area contributed by atoms with Crippen LogP contribution < -0.4 is 9.80 Å². The fraction of sp³-hybridized carbons (Fsp3) is 0.0508. The van der Waals surface area contributed by atoms with E-state index in [2.05, 4.69) is 236 Å². The van der Waals surface area contributed by atoms with Crippen LogP contribution in [0.1, 0.15) is 25.0 Å². The lowest BCUT2D eigenvalue weighted by Crippen LogP contribution is -2.32. The lowest BCUT2D eigenvalue weighted by Gasteiger charge is -2.45. The first-order chi connectivity index (χ1) is 30.5. The Kier molecular flexibility index (Phi) is 8.20. The summed E-state index contributed by atoms with van der Waals surface area (Å²) in [6, 6.07) is 79.2. The van der Waals surface area contributed by atoms with Crippen LogP contribution in [0.2, 0.25) is 0 Å². The maximum absolute atomic E-state index is 6.84. The lowest BCUT2D eigenvalue weighted by atomic mass is 9.72. The van der Waals surface area contributed by atoms with E-state index in [0.717, 1.165) is 44.7 Å². The summed E-state index contributed by atoms with van der Waals surface area (Å²) in [7, 11) is 0. The van der Waals surface area contributed by atoms with Gasteiger partial charge in [-0.1, -0.05) is 190 Å². The van der Waals surface area contributed by atoms with Crippen molar-refractivity contribution in [3.8, 4) is 22.3 Å². The number of fused-ring (bicyclic) bond motifs is 7. The van der Waals surface area contributed by atoms with Crippen LogP contribution >= 0.6 is 0 Å². The summed E-state index contributed by atoms with van der Waals surface area (Å²) >= 11 is 0. The highest BCUT2D eigenvalue weighted by Gasteiger charge is 2.41. The third-order valence-corrected chi connectivity index (χ3v) is 13.0. The highest BCUT2D eigenvalue weighted by atomic mass is 16.3. The van der Waals surface area contributed by atoms with Gasteiger partial charge in [-0.15, -0.1) is 0 Å². The van der Waals surface area contributed by atoms with Gasteiger partial charge in [-0.25, -0.2) is 0 Å². The number of benzene rings is 10. The van der Waals surface area contributed by atoms with Gasteiger partial charge in [-0.05, 0) is 80.9 Å². The Morgan fingerprint density at radius 2 is 1.02 bits per heavy atom. The van der Waals surface area contributed by atoms with Gasteiger partial charge in [0.2, 0.25) is 0 Å². The van der Waals surface area contributed by atoms with Gasteiger partial charge in [-0.3, -0.25) is 0 Å². The second-order valence-electron chi connectivity index (χ2n) is 16.9. The highest BCUT2D eigenvalue weighted by Crippen LogP contribution is 2.59. The quantitative estimate of drug-likeness (QED) is 0.167. The molecule has 0 radical (unpaired) electrons. The number of para-hydroxylation sites is 3. The van der Waals surface area contributed by atoms with Gasteiger partial charge in [-0.2, -0.15) is 0 Å². The third kappa shape index (κ3) is 5.52. The largest absolute Gasteiger partial charge is 0.454 e. The molecule has 0 spiro atoms. The predicted molar refractivity (Wildman–Crippen MR) is 261 cm³/mol. The number of rotatable bonds is 6. The maximum atomic E-state index is 6.84. The molecule has 0 amide bonds. The summed E-state index contributed by atoms with van der Waals surface area (Å²) in [5.74, 6) is 0. The van der Waals surface area contributed by atoms with E-state index in [-0.39, 0.29) is 0 Å². The van der Waals surface area contributed by atoms with Gasteiger partial charge in [0.05, 0.1) is 28.4 Å².